The Balaban J connectivity index is 1.88. The average molecular weight is 281 g/mol. The molecule has 0 aromatic rings. The summed E-state index contributed by atoms with van der Waals surface area (Å²) < 4.78 is 5.40. The predicted octanol–water partition coefficient (Wildman–Crippen LogP) is 3.06. The number of hydrogen-bond acceptors (Lipinski definition) is 4. The molecule has 3 aliphatic rings. The van der Waals surface area contributed by atoms with Crippen LogP contribution in [0.25, 0.3) is 0 Å². The van der Waals surface area contributed by atoms with Crippen molar-refractivity contribution in [2.75, 3.05) is 6.61 Å². The van der Waals surface area contributed by atoms with Gasteiger partial charge in [-0.3, -0.25) is 4.84 Å². The van der Waals surface area contributed by atoms with Crippen LogP contribution in [-0.2, 0) is 14.4 Å². The molecule has 4 nitrogen and oxygen atoms in total. The van der Waals surface area contributed by atoms with Gasteiger partial charge in [0.2, 0.25) is 0 Å². The molecule has 3 atom stereocenters. The molecule has 3 unspecified atom stereocenters. The minimum Gasteiger partial charge on any atom is -0.465 e. The van der Waals surface area contributed by atoms with Crippen molar-refractivity contribution >= 4 is 5.97 Å². The van der Waals surface area contributed by atoms with Crippen molar-refractivity contribution in [3.63, 3.8) is 0 Å². The van der Waals surface area contributed by atoms with Crippen molar-refractivity contribution in [3.05, 3.63) is 0 Å². The zero-order chi connectivity index (χ0) is 14.4. The average Bonchev–Trinajstić information content (AvgIpc) is 2.59. The molecule has 0 spiro atoms. The maximum Gasteiger partial charge on any atom is 0.329 e. The molecule has 2 saturated heterocycles. The third kappa shape index (κ3) is 2.00. The number of rotatable bonds is 2. The van der Waals surface area contributed by atoms with Gasteiger partial charge in [-0.25, -0.2) is 4.79 Å². The molecule has 3 rings (SSSR count). The fourth-order valence-corrected chi connectivity index (χ4v) is 4.56. The molecule has 3 fully saturated rings. The zero-order valence-corrected chi connectivity index (χ0v) is 13.0. The summed E-state index contributed by atoms with van der Waals surface area (Å²) >= 11 is 0. The Morgan fingerprint density at radius 2 is 1.95 bits per heavy atom. The summed E-state index contributed by atoms with van der Waals surface area (Å²) in [6.45, 7) is 6.50. The van der Waals surface area contributed by atoms with Gasteiger partial charge in [-0.05, 0) is 33.6 Å². The van der Waals surface area contributed by atoms with Gasteiger partial charge in [0.1, 0.15) is 0 Å². The van der Waals surface area contributed by atoms with Crippen molar-refractivity contribution < 1.29 is 14.4 Å². The second kappa shape index (κ2) is 4.99. The number of carbonyl (C=O) groups excluding carboxylic acids is 1. The quantitative estimate of drug-likeness (QED) is 0.729. The van der Waals surface area contributed by atoms with Gasteiger partial charge < -0.3 is 4.74 Å². The van der Waals surface area contributed by atoms with Gasteiger partial charge in [0, 0.05) is 18.4 Å². The first-order chi connectivity index (χ1) is 9.51. The predicted molar refractivity (Wildman–Crippen MR) is 76.0 cm³/mol. The molecular weight excluding hydrogens is 254 g/mol. The normalized spacial score (nSPS) is 40.0. The van der Waals surface area contributed by atoms with Crippen LogP contribution in [0.1, 0.15) is 65.7 Å². The van der Waals surface area contributed by atoms with E-state index in [1.165, 1.54) is 25.7 Å². The molecule has 0 aromatic heterocycles. The lowest BCUT2D eigenvalue weighted by Gasteiger charge is -2.57. The van der Waals surface area contributed by atoms with Gasteiger partial charge in [0.15, 0.2) is 5.54 Å². The van der Waals surface area contributed by atoms with Crippen LogP contribution in [0, 0.1) is 5.92 Å². The number of hydrogen-bond donors (Lipinski definition) is 0. The van der Waals surface area contributed by atoms with E-state index in [9.17, 15) is 4.79 Å². The van der Waals surface area contributed by atoms with Crippen LogP contribution in [0.15, 0.2) is 0 Å². The van der Waals surface area contributed by atoms with Crippen molar-refractivity contribution in [1.82, 2.24) is 5.06 Å². The fourth-order valence-electron chi connectivity index (χ4n) is 4.56. The maximum atomic E-state index is 12.6. The molecule has 2 heterocycles. The Bertz CT molecular complexity index is 395. The second-order valence-corrected chi connectivity index (χ2v) is 7.16. The summed E-state index contributed by atoms with van der Waals surface area (Å²) in [6, 6.07) is 0.418. The van der Waals surface area contributed by atoms with Crippen molar-refractivity contribution in [2.45, 2.75) is 82.9 Å². The summed E-state index contributed by atoms with van der Waals surface area (Å²) in [5.74, 6) is 0.357. The Hall–Kier alpha value is -0.610. The molecule has 1 saturated carbocycles. The lowest BCUT2D eigenvalue weighted by Crippen LogP contribution is -2.73. The molecule has 20 heavy (non-hydrogen) atoms. The highest BCUT2D eigenvalue weighted by molar-refractivity contribution is 5.83. The first-order valence-corrected chi connectivity index (χ1v) is 8.17. The first kappa shape index (κ1) is 14.3. The molecule has 0 aromatic carbocycles. The monoisotopic (exact) mass is 281 g/mol. The summed E-state index contributed by atoms with van der Waals surface area (Å²) in [5, 5.41) is 2.01. The number of fused-ring (bicyclic) bond motifs is 4. The highest BCUT2D eigenvalue weighted by atomic mass is 16.7. The molecule has 2 aliphatic heterocycles. The lowest BCUT2D eigenvalue weighted by atomic mass is 9.63. The number of ether oxygens (including phenoxy) is 1. The van der Waals surface area contributed by atoms with Gasteiger partial charge in [-0.1, -0.05) is 25.7 Å². The third-order valence-corrected chi connectivity index (χ3v) is 5.21. The molecule has 4 heteroatoms. The van der Waals surface area contributed by atoms with Crippen molar-refractivity contribution in [1.29, 1.82) is 0 Å². The highest BCUT2D eigenvalue weighted by Gasteiger charge is 2.71. The van der Waals surface area contributed by atoms with Crippen LogP contribution in [0.2, 0.25) is 0 Å². The third-order valence-electron chi connectivity index (χ3n) is 5.21. The lowest BCUT2D eigenvalue weighted by molar-refractivity contribution is -0.312. The van der Waals surface area contributed by atoms with E-state index in [-0.39, 0.29) is 11.6 Å². The minimum absolute atomic E-state index is 0.0626. The Kier molecular flexibility index (Phi) is 3.57. The summed E-state index contributed by atoms with van der Waals surface area (Å²) in [5.41, 5.74) is -0.755. The smallest absolute Gasteiger partial charge is 0.329 e. The SMILES string of the molecule is CCOC(=O)C12CC(C)(C)ON1C1CCCCCCC12. The number of nitrogens with zero attached hydrogens (tertiary/aromatic N) is 1. The fraction of sp³-hybridized carbons (Fsp3) is 0.938. The maximum absolute atomic E-state index is 12.6. The summed E-state index contributed by atoms with van der Waals surface area (Å²) in [6.07, 6.45) is 8.15. The van der Waals surface area contributed by atoms with E-state index in [1.54, 1.807) is 0 Å². The summed E-state index contributed by atoms with van der Waals surface area (Å²) in [4.78, 5) is 18.7. The van der Waals surface area contributed by atoms with Crippen LogP contribution >= 0.6 is 0 Å². The van der Waals surface area contributed by atoms with E-state index in [0.717, 1.165) is 19.3 Å². The molecule has 0 bridgehead atoms. The number of esters is 1. The van der Waals surface area contributed by atoms with Crippen molar-refractivity contribution in [3.8, 4) is 0 Å². The van der Waals surface area contributed by atoms with E-state index in [0.29, 0.717) is 18.6 Å². The summed E-state index contributed by atoms with van der Waals surface area (Å²) in [7, 11) is 0. The van der Waals surface area contributed by atoms with Gasteiger partial charge in [-0.2, -0.15) is 5.06 Å². The molecule has 114 valence electrons. The number of carbonyl (C=O) groups is 1. The highest BCUT2D eigenvalue weighted by Crippen LogP contribution is 2.58. The van der Waals surface area contributed by atoms with E-state index in [1.807, 2.05) is 12.0 Å². The van der Waals surface area contributed by atoms with Gasteiger partial charge in [-0.15, -0.1) is 0 Å². The van der Waals surface area contributed by atoms with E-state index < -0.39 is 5.54 Å². The Morgan fingerprint density at radius 1 is 1.25 bits per heavy atom. The molecular formula is C16H27NO3. The Morgan fingerprint density at radius 3 is 2.65 bits per heavy atom. The zero-order valence-electron chi connectivity index (χ0n) is 13.0. The second-order valence-electron chi connectivity index (χ2n) is 7.16. The number of hydroxylamine groups is 2. The first-order valence-electron chi connectivity index (χ1n) is 8.17. The molecule has 1 aliphatic carbocycles. The van der Waals surface area contributed by atoms with Crippen molar-refractivity contribution in [2.24, 2.45) is 5.92 Å². The standard InChI is InChI=1S/C16H27NO3/c1-4-19-14(18)16-11-15(2,3)20-17(16)13-10-8-6-5-7-9-12(13)16/h12-13H,4-11H2,1-3H3. The molecule has 0 radical (unpaired) electrons. The van der Waals surface area contributed by atoms with Crippen LogP contribution in [0.4, 0.5) is 0 Å². The van der Waals surface area contributed by atoms with Crippen LogP contribution in [0.5, 0.6) is 0 Å². The van der Waals surface area contributed by atoms with Gasteiger partial charge in [0.05, 0.1) is 12.2 Å². The van der Waals surface area contributed by atoms with Crippen LogP contribution in [0.3, 0.4) is 0 Å². The van der Waals surface area contributed by atoms with E-state index >= 15 is 0 Å². The topological polar surface area (TPSA) is 38.8 Å². The van der Waals surface area contributed by atoms with E-state index in [2.05, 4.69) is 13.8 Å². The minimum atomic E-state index is -0.498. The van der Waals surface area contributed by atoms with Crippen LogP contribution < -0.4 is 0 Å². The molecule has 0 N–H and O–H groups in total. The van der Waals surface area contributed by atoms with Crippen LogP contribution in [-0.4, -0.2) is 34.8 Å². The largest absolute Gasteiger partial charge is 0.465 e. The van der Waals surface area contributed by atoms with E-state index in [4.69, 9.17) is 9.57 Å². The Labute approximate surface area is 121 Å². The molecule has 0 amide bonds. The van der Waals surface area contributed by atoms with Gasteiger partial charge in [0.25, 0.3) is 0 Å². The van der Waals surface area contributed by atoms with Gasteiger partial charge >= 0.3 is 5.97 Å².